The fourth-order valence-corrected chi connectivity index (χ4v) is 3.83. The lowest BCUT2D eigenvalue weighted by atomic mass is 10.1. The lowest BCUT2D eigenvalue weighted by molar-refractivity contribution is -0.141. The normalized spacial score (nSPS) is 15.8. The molecule has 174 valence electrons. The second kappa shape index (κ2) is 8.96. The van der Waals surface area contributed by atoms with Crippen LogP contribution in [0.1, 0.15) is 47.7 Å². The number of carbonyl (C=O) groups is 1. The zero-order valence-electron chi connectivity index (χ0n) is 17.7. The molecular weight excluding hydrogens is 459 g/mol. The van der Waals surface area contributed by atoms with Crippen molar-refractivity contribution in [2.45, 2.75) is 37.0 Å². The van der Waals surface area contributed by atoms with Crippen molar-refractivity contribution in [2.75, 3.05) is 12.8 Å². The Balaban J connectivity index is 1.73. The number of rotatable bonds is 7. The van der Waals surface area contributed by atoms with E-state index in [0.29, 0.717) is 18.4 Å². The molecule has 1 amide bonds. The van der Waals surface area contributed by atoms with E-state index in [1.54, 1.807) is 13.0 Å². The van der Waals surface area contributed by atoms with Gasteiger partial charge in [-0.25, -0.2) is 19.9 Å². The van der Waals surface area contributed by atoms with Crippen molar-refractivity contribution in [1.29, 1.82) is 0 Å². The average Bonchev–Trinajstić information content (AvgIpc) is 3.48. The van der Waals surface area contributed by atoms with E-state index < -0.39 is 34.6 Å². The summed E-state index contributed by atoms with van der Waals surface area (Å²) in [5.74, 6) is 0.212. The highest BCUT2D eigenvalue weighted by Gasteiger charge is 2.37. The van der Waals surface area contributed by atoms with Crippen LogP contribution in [-0.2, 0) is 17.0 Å². The van der Waals surface area contributed by atoms with Crippen LogP contribution in [0.25, 0.3) is 5.95 Å². The van der Waals surface area contributed by atoms with Crippen molar-refractivity contribution < 1.29 is 22.2 Å². The van der Waals surface area contributed by atoms with Crippen LogP contribution in [-0.4, -0.2) is 57.5 Å². The minimum Gasteiger partial charge on any atom is -0.328 e. The largest absolute Gasteiger partial charge is 0.433 e. The van der Waals surface area contributed by atoms with Gasteiger partial charge >= 0.3 is 6.18 Å². The topological polar surface area (TPSA) is 107 Å². The number of hydrogen-bond donors (Lipinski definition) is 0. The molecule has 0 bridgehead atoms. The summed E-state index contributed by atoms with van der Waals surface area (Å²) >= 11 is 0. The van der Waals surface area contributed by atoms with Crippen LogP contribution >= 0.6 is 0 Å². The van der Waals surface area contributed by atoms with Crippen LogP contribution < -0.4 is 0 Å². The van der Waals surface area contributed by atoms with E-state index >= 15 is 0 Å². The summed E-state index contributed by atoms with van der Waals surface area (Å²) in [7, 11) is -1.81. The summed E-state index contributed by atoms with van der Waals surface area (Å²) in [6.07, 6.45) is 2.63. The van der Waals surface area contributed by atoms with Crippen molar-refractivity contribution in [1.82, 2.24) is 34.6 Å². The first-order chi connectivity index (χ1) is 15.6. The molecule has 3 aromatic rings. The van der Waals surface area contributed by atoms with Crippen LogP contribution in [0.5, 0.6) is 0 Å². The van der Waals surface area contributed by atoms with Crippen molar-refractivity contribution in [3.63, 3.8) is 0 Å². The molecule has 0 saturated heterocycles. The van der Waals surface area contributed by atoms with Gasteiger partial charge in [-0.15, -0.1) is 0 Å². The predicted octanol–water partition coefficient (Wildman–Crippen LogP) is 2.82. The second-order valence-corrected chi connectivity index (χ2v) is 9.01. The minimum atomic E-state index is -4.79. The van der Waals surface area contributed by atoms with E-state index in [4.69, 9.17) is 0 Å². The molecule has 0 radical (unpaired) electrons. The van der Waals surface area contributed by atoms with Gasteiger partial charge in [0.25, 0.3) is 11.9 Å². The highest BCUT2D eigenvalue weighted by Crippen LogP contribution is 2.34. The summed E-state index contributed by atoms with van der Waals surface area (Å²) in [6.45, 7) is 2.05. The second-order valence-electron chi connectivity index (χ2n) is 7.69. The van der Waals surface area contributed by atoms with Crippen molar-refractivity contribution >= 4 is 16.7 Å². The van der Waals surface area contributed by atoms with Gasteiger partial charge in [0.1, 0.15) is 17.0 Å². The molecular formula is C20H20F3N7O2S. The molecule has 1 saturated carbocycles. The Bertz CT molecular complexity index is 1180. The van der Waals surface area contributed by atoms with E-state index in [1.165, 1.54) is 34.6 Å². The molecule has 1 fully saturated rings. The maximum Gasteiger partial charge on any atom is 0.433 e. The number of aromatic nitrogens is 6. The van der Waals surface area contributed by atoms with Gasteiger partial charge in [0, 0.05) is 30.8 Å². The standard InChI is InChI=1S/C20H20F3N7O2S/c1-12(17-26-11-27-30(17)19-24-6-3-7-25-19)29(10-13-4-5-13)18(31)14-8-15(20(21,22)23)28-16(9-14)33(2)32/h3,6-9,11-13H,4-5,10H2,1-2H3. The third kappa shape index (κ3) is 5.07. The van der Waals surface area contributed by atoms with Gasteiger partial charge < -0.3 is 4.90 Å². The number of hydrogen-bond acceptors (Lipinski definition) is 7. The number of nitrogens with zero attached hydrogens (tertiary/aromatic N) is 7. The summed E-state index contributed by atoms with van der Waals surface area (Å²) in [5, 5.41) is 3.83. The Kier molecular flexibility index (Phi) is 6.23. The predicted molar refractivity (Wildman–Crippen MR) is 111 cm³/mol. The quantitative estimate of drug-likeness (QED) is 0.513. The Morgan fingerprint density at radius 2 is 1.94 bits per heavy atom. The molecule has 0 aromatic carbocycles. The molecule has 3 aromatic heterocycles. The number of halogens is 3. The average molecular weight is 479 g/mol. The molecule has 9 nitrogen and oxygen atoms in total. The molecule has 13 heteroatoms. The number of pyridine rings is 1. The highest BCUT2D eigenvalue weighted by atomic mass is 32.2. The Morgan fingerprint density at radius 3 is 2.55 bits per heavy atom. The van der Waals surface area contributed by atoms with Gasteiger partial charge in [-0.2, -0.15) is 23.0 Å². The first kappa shape index (κ1) is 23.0. The van der Waals surface area contributed by atoms with Gasteiger partial charge in [0.05, 0.1) is 16.8 Å². The Hall–Kier alpha value is -3.22. The number of carbonyl (C=O) groups excluding carboxylic acids is 1. The smallest absolute Gasteiger partial charge is 0.328 e. The molecule has 33 heavy (non-hydrogen) atoms. The van der Waals surface area contributed by atoms with Crippen LogP contribution in [0.4, 0.5) is 13.2 Å². The fourth-order valence-electron chi connectivity index (χ4n) is 3.31. The summed E-state index contributed by atoms with van der Waals surface area (Å²) in [5.41, 5.74) is -1.50. The Labute approximate surface area is 189 Å². The monoisotopic (exact) mass is 479 g/mol. The van der Waals surface area contributed by atoms with E-state index in [2.05, 4.69) is 25.0 Å². The lowest BCUT2D eigenvalue weighted by Gasteiger charge is -2.29. The van der Waals surface area contributed by atoms with Crippen molar-refractivity contribution in [3.05, 3.63) is 54.0 Å². The molecule has 1 aliphatic carbocycles. The number of alkyl halides is 3. The zero-order valence-corrected chi connectivity index (χ0v) is 18.5. The van der Waals surface area contributed by atoms with Gasteiger partial charge in [-0.3, -0.25) is 9.00 Å². The van der Waals surface area contributed by atoms with Gasteiger partial charge in [-0.05, 0) is 43.9 Å². The summed E-state index contributed by atoms with van der Waals surface area (Å²) < 4.78 is 53.5. The molecule has 4 rings (SSSR count). The van der Waals surface area contributed by atoms with Gasteiger partial charge in [0.15, 0.2) is 5.82 Å². The lowest BCUT2D eigenvalue weighted by Crippen LogP contribution is -2.37. The Morgan fingerprint density at radius 1 is 1.24 bits per heavy atom. The third-order valence-corrected chi connectivity index (χ3v) is 6.00. The molecule has 3 heterocycles. The molecule has 2 atom stereocenters. The SMILES string of the molecule is CC(c1ncnn1-c1ncccn1)N(CC1CC1)C(=O)c1cc(S(C)=O)nc(C(F)(F)F)c1. The summed E-state index contributed by atoms with van der Waals surface area (Å²) in [4.78, 5) is 30.9. The van der Waals surface area contributed by atoms with E-state index in [0.717, 1.165) is 18.9 Å². The van der Waals surface area contributed by atoms with Crippen molar-refractivity contribution in [2.24, 2.45) is 5.92 Å². The van der Waals surface area contributed by atoms with Crippen LogP contribution in [0.3, 0.4) is 0 Å². The first-order valence-electron chi connectivity index (χ1n) is 10.1. The van der Waals surface area contributed by atoms with Crippen LogP contribution in [0, 0.1) is 5.92 Å². The van der Waals surface area contributed by atoms with E-state index in [-0.39, 0.29) is 22.5 Å². The number of amides is 1. The first-order valence-corrected chi connectivity index (χ1v) is 11.6. The maximum atomic E-state index is 13.5. The zero-order chi connectivity index (χ0) is 23.8. The molecule has 0 aliphatic heterocycles. The van der Waals surface area contributed by atoms with Gasteiger partial charge in [0.2, 0.25) is 0 Å². The molecule has 2 unspecified atom stereocenters. The van der Waals surface area contributed by atoms with Crippen LogP contribution in [0.15, 0.2) is 41.9 Å². The summed E-state index contributed by atoms with van der Waals surface area (Å²) in [6, 6.07) is 2.83. The van der Waals surface area contributed by atoms with E-state index in [1.807, 2.05) is 0 Å². The van der Waals surface area contributed by atoms with Crippen LogP contribution in [0.2, 0.25) is 0 Å². The molecule has 1 aliphatic rings. The molecule has 0 spiro atoms. The maximum absolute atomic E-state index is 13.5. The van der Waals surface area contributed by atoms with Crippen molar-refractivity contribution in [3.8, 4) is 5.95 Å². The van der Waals surface area contributed by atoms with E-state index in [9.17, 15) is 22.2 Å². The minimum absolute atomic E-state index is 0.239. The highest BCUT2D eigenvalue weighted by molar-refractivity contribution is 7.84. The molecule has 0 N–H and O–H groups in total. The fraction of sp³-hybridized carbons (Fsp3) is 0.400. The van der Waals surface area contributed by atoms with Gasteiger partial charge in [-0.1, -0.05) is 0 Å². The third-order valence-electron chi connectivity index (χ3n) is 5.20.